The lowest BCUT2D eigenvalue weighted by atomic mass is 9.88. The van der Waals surface area contributed by atoms with E-state index in [1.54, 1.807) is 7.11 Å². The van der Waals surface area contributed by atoms with E-state index < -0.39 is 0 Å². The number of nitrogens with one attached hydrogen (secondary N) is 1. The summed E-state index contributed by atoms with van der Waals surface area (Å²) in [7, 11) is 1.72. The second kappa shape index (κ2) is 6.92. The van der Waals surface area contributed by atoms with Crippen LogP contribution in [-0.2, 0) is 12.8 Å². The average Bonchev–Trinajstić information content (AvgIpc) is 2.44. The van der Waals surface area contributed by atoms with Crippen molar-refractivity contribution in [2.45, 2.75) is 38.6 Å². The summed E-state index contributed by atoms with van der Waals surface area (Å²) < 4.78 is 5.30. The summed E-state index contributed by atoms with van der Waals surface area (Å²) in [6, 6.07) is 6.97. The molecule has 0 aliphatic heterocycles. The Morgan fingerprint density at radius 1 is 1.42 bits per heavy atom. The molecule has 1 aliphatic rings. The Balaban J connectivity index is 1.90. The van der Waals surface area contributed by atoms with Gasteiger partial charge in [0.15, 0.2) is 0 Å². The minimum atomic E-state index is 0.285. The number of ether oxygens (including phenoxy) is 1. The molecule has 0 fully saturated rings. The van der Waals surface area contributed by atoms with Gasteiger partial charge >= 0.3 is 0 Å². The second-order valence-electron chi connectivity index (χ2n) is 5.60. The molecular weight excluding hydrogens is 238 g/mol. The molecule has 1 aliphatic carbocycles. The summed E-state index contributed by atoms with van der Waals surface area (Å²) in [5, 5.41) is 12.6. The van der Waals surface area contributed by atoms with Gasteiger partial charge in [-0.15, -0.1) is 0 Å². The number of hydrogen-bond donors (Lipinski definition) is 2. The third kappa shape index (κ3) is 3.95. The maximum atomic E-state index is 8.92. The second-order valence-corrected chi connectivity index (χ2v) is 5.60. The first kappa shape index (κ1) is 14.4. The van der Waals surface area contributed by atoms with Crippen molar-refractivity contribution >= 4 is 0 Å². The van der Waals surface area contributed by atoms with Crippen LogP contribution in [0.4, 0.5) is 0 Å². The molecule has 0 heterocycles. The number of rotatable bonds is 6. The van der Waals surface area contributed by atoms with Crippen molar-refractivity contribution in [1.82, 2.24) is 5.32 Å². The van der Waals surface area contributed by atoms with E-state index in [9.17, 15) is 0 Å². The molecule has 0 saturated heterocycles. The highest BCUT2D eigenvalue weighted by atomic mass is 16.5. The molecule has 19 heavy (non-hydrogen) atoms. The van der Waals surface area contributed by atoms with Gasteiger partial charge in [-0.1, -0.05) is 13.0 Å². The van der Waals surface area contributed by atoms with Crippen molar-refractivity contribution in [3.63, 3.8) is 0 Å². The first-order chi connectivity index (χ1) is 9.22. The fourth-order valence-corrected chi connectivity index (χ4v) is 2.72. The zero-order valence-corrected chi connectivity index (χ0v) is 12.0. The van der Waals surface area contributed by atoms with Gasteiger partial charge in [0.05, 0.1) is 7.11 Å². The monoisotopic (exact) mass is 263 g/mol. The predicted octanol–water partition coefficient (Wildman–Crippen LogP) is 2.16. The van der Waals surface area contributed by atoms with E-state index in [0.717, 1.165) is 31.6 Å². The van der Waals surface area contributed by atoms with Gasteiger partial charge in [-0.2, -0.15) is 0 Å². The number of benzene rings is 1. The van der Waals surface area contributed by atoms with E-state index in [2.05, 4.69) is 30.4 Å². The number of aliphatic hydroxyl groups excluding tert-OH is 1. The Morgan fingerprint density at radius 2 is 2.26 bits per heavy atom. The summed E-state index contributed by atoms with van der Waals surface area (Å²) in [6.45, 7) is 3.46. The van der Waals surface area contributed by atoms with E-state index >= 15 is 0 Å². The van der Waals surface area contributed by atoms with Crippen LogP contribution in [0, 0.1) is 5.92 Å². The van der Waals surface area contributed by atoms with Crippen LogP contribution < -0.4 is 10.1 Å². The molecule has 1 aromatic rings. The molecule has 2 N–H and O–H groups in total. The molecule has 2 rings (SSSR count). The Labute approximate surface area is 116 Å². The van der Waals surface area contributed by atoms with Crippen LogP contribution in [0.2, 0.25) is 0 Å². The minimum Gasteiger partial charge on any atom is -0.497 e. The molecule has 1 aromatic carbocycles. The first-order valence-corrected chi connectivity index (χ1v) is 7.23. The summed E-state index contributed by atoms with van der Waals surface area (Å²) in [6.07, 6.45) is 4.30. The van der Waals surface area contributed by atoms with Crippen LogP contribution in [0.15, 0.2) is 18.2 Å². The van der Waals surface area contributed by atoms with Gasteiger partial charge < -0.3 is 15.2 Å². The molecule has 0 aromatic heterocycles. The van der Waals surface area contributed by atoms with E-state index in [1.807, 2.05) is 0 Å². The Kier molecular flexibility index (Phi) is 5.23. The van der Waals surface area contributed by atoms with Crippen molar-refractivity contribution in [2.75, 3.05) is 20.3 Å². The Hall–Kier alpha value is -1.06. The average molecular weight is 263 g/mol. The Morgan fingerprint density at radius 3 is 3.00 bits per heavy atom. The SMILES string of the molecule is COc1ccc2c(c1)CC(NCC(C)CCO)CC2. The van der Waals surface area contributed by atoms with E-state index in [0.29, 0.717) is 12.0 Å². The molecule has 0 amide bonds. The summed E-state index contributed by atoms with van der Waals surface area (Å²) in [5.74, 6) is 1.49. The van der Waals surface area contributed by atoms with Gasteiger partial charge in [0.1, 0.15) is 5.75 Å². The fourth-order valence-electron chi connectivity index (χ4n) is 2.72. The highest BCUT2D eigenvalue weighted by Gasteiger charge is 2.19. The zero-order valence-electron chi connectivity index (χ0n) is 12.0. The van der Waals surface area contributed by atoms with Gasteiger partial charge in [0, 0.05) is 12.6 Å². The minimum absolute atomic E-state index is 0.285. The largest absolute Gasteiger partial charge is 0.497 e. The van der Waals surface area contributed by atoms with Gasteiger partial charge in [-0.05, 0) is 61.4 Å². The van der Waals surface area contributed by atoms with Crippen LogP contribution in [0.25, 0.3) is 0 Å². The maximum absolute atomic E-state index is 8.92. The van der Waals surface area contributed by atoms with Gasteiger partial charge in [-0.3, -0.25) is 0 Å². The molecule has 0 saturated carbocycles. The summed E-state index contributed by atoms with van der Waals surface area (Å²) in [4.78, 5) is 0. The molecule has 0 radical (unpaired) electrons. The standard InChI is InChI=1S/C16H25NO2/c1-12(7-8-18)11-17-15-5-3-13-4-6-16(19-2)10-14(13)9-15/h4,6,10,12,15,17-18H,3,5,7-9,11H2,1-2H3. The molecule has 2 atom stereocenters. The Bertz CT molecular complexity index is 406. The summed E-state index contributed by atoms with van der Waals surface area (Å²) in [5.41, 5.74) is 2.88. The van der Waals surface area contributed by atoms with E-state index in [-0.39, 0.29) is 6.61 Å². The van der Waals surface area contributed by atoms with Crippen molar-refractivity contribution in [2.24, 2.45) is 5.92 Å². The molecule has 0 bridgehead atoms. The van der Waals surface area contributed by atoms with E-state index in [4.69, 9.17) is 9.84 Å². The van der Waals surface area contributed by atoms with Gasteiger partial charge in [0.2, 0.25) is 0 Å². The molecule has 3 heteroatoms. The lowest BCUT2D eigenvalue weighted by Crippen LogP contribution is -2.37. The van der Waals surface area contributed by atoms with Crippen molar-refractivity contribution < 1.29 is 9.84 Å². The first-order valence-electron chi connectivity index (χ1n) is 7.23. The molecule has 3 nitrogen and oxygen atoms in total. The number of hydrogen-bond acceptors (Lipinski definition) is 3. The van der Waals surface area contributed by atoms with Crippen LogP contribution in [0.3, 0.4) is 0 Å². The van der Waals surface area contributed by atoms with Crippen LogP contribution in [0.5, 0.6) is 5.75 Å². The third-order valence-corrected chi connectivity index (χ3v) is 4.02. The maximum Gasteiger partial charge on any atom is 0.119 e. The number of methoxy groups -OCH3 is 1. The van der Waals surface area contributed by atoms with Gasteiger partial charge in [0.25, 0.3) is 0 Å². The van der Waals surface area contributed by atoms with Crippen LogP contribution in [0.1, 0.15) is 30.9 Å². The highest BCUT2D eigenvalue weighted by Crippen LogP contribution is 2.25. The quantitative estimate of drug-likeness (QED) is 0.826. The topological polar surface area (TPSA) is 41.5 Å². The fraction of sp³-hybridized carbons (Fsp3) is 0.625. The van der Waals surface area contributed by atoms with Crippen molar-refractivity contribution in [1.29, 1.82) is 0 Å². The smallest absolute Gasteiger partial charge is 0.119 e. The van der Waals surface area contributed by atoms with E-state index in [1.165, 1.54) is 17.5 Å². The number of fused-ring (bicyclic) bond motifs is 1. The normalized spacial score (nSPS) is 19.8. The lowest BCUT2D eigenvalue weighted by Gasteiger charge is -2.27. The van der Waals surface area contributed by atoms with Crippen molar-refractivity contribution in [3.05, 3.63) is 29.3 Å². The van der Waals surface area contributed by atoms with Gasteiger partial charge in [-0.25, -0.2) is 0 Å². The highest BCUT2D eigenvalue weighted by molar-refractivity contribution is 5.37. The summed E-state index contributed by atoms with van der Waals surface area (Å²) >= 11 is 0. The van der Waals surface area contributed by atoms with Crippen LogP contribution in [-0.4, -0.2) is 31.4 Å². The number of aliphatic hydroxyl groups is 1. The van der Waals surface area contributed by atoms with Crippen LogP contribution >= 0.6 is 0 Å². The molecular formula is C16H25NO2. The molecule has 2 unspecified atom stereocenters. The van der Waals surface area contributed by atoms with Crippen molar-refractivity contribution in [3.8, 4) is 5.75 Å². The lowest BCUT2D eigenvalue weighted by molar-refractivity contribution is 0.256. The molecule has 0 spiro atoms. The number of aryl methyl sites for hydroxylation is 1. The third-order valence-electron chi connectivity index (χ3n) is 4.02. The molecule has 106 valence electrons. The zero-order chi connectivity index (χ0) is 13.7. The predicted molar refractivity (Wildman–Crippen MR) is 77.7 cm³/mol.